The van der Waals surface area contributed by atoms with Crippen LogP contribution in [0.1, 0.15) is 20.3 Å². The minimum absolute atomic E-state index is 0.0154. The number of nitrogens with two attached hydrogens (primary N) is 2. The van der Waals surface area contributed by atoms with E-state index in [4.69, 9.17) is 23.1 Å². The number of hydrogen-bond acceptors (Lipinski definition) is 4. The van der Waals surface area contributed by atoms with Crippen molar-refractivity contribution in [3.63, 3.8) is 0 Å². The fourth-order valence-electron chi connectivity index (χ4n) is 1.50. The molecule has 1 aromatic rings. The Bertz CT molecular complexity index is 481. The van der Waals surface area contributed by atoms with Crippen molar-refractivity contribution in [2.75, 3.05) is 23.3 Å². The van der Waals surface area contributed by atoms with Crippen molar-refractivity contribution in [3.05, 3.63) is 16.9 Å². The SMILES string of the molecule is CCCNC(=O)C(C)Nc1c(N)cc(N)c(Cl)c1F. The molecule has 0 aliphatic heterocycles. The summed E-state index contributed by atoms with van der Waals surface area (Å²) < 4.78 is 13.9. The molecule has 106 valence electrons. The molecule has 0 fully saturated rings. The van der Waals surface area contributed by atoms with Crippen LogP contribution in [0, 0.1) is 5.82 Å². The third kappa shape index (κ3) is 3.64. The summed E-state index contributed by atoms with van der Waals surface area (Å²) in [7, 11) is 0. The summed E-state index contributed by atoms with van der Waals surface area (Å²) in [6, 6.07) is 0.716. The van der Waals surface area contributed by atoms with Crippen LogP contribution in [0.15, 0.2) is 6.07 Å². The average Bonchev–Trinajstić information content (AvgIpc) is 2.38. The molecule has 0 aliphatic carbocycles. The van der Waals surface area contributed by atoms with E-state index in [2.05, 4.69) is 10.6 Å². The van der Waals surface area contributed by atoms with Gasteiger partial charge < -0.3 is 22.1 Å². The van der Waals surface area contributed by atoms with Gasteiger partial charge in [0.2, 0.25) is 5.91 Å². The first kappa shape index (κ1) is 15.4. The van der Waals surface area contributed by atoms with Crippen LogP contribution in [-0.2, 0) is 4.79 Å². The summed E-state index contributed by atoms with van der Waals surface area (Å²) in [5.74, 6) is -0.997. The summed E-state index contributed by atoms with van der Waals surface area (Å²) in [5.41, 5.74) is 11.3. The van der Waals surface area contributed by atoms with Crippen molar-refractivity contribution in [1.82, 2.24) is 5.32 Å². The van der Waals surface area contributed by atoms with Crippen LogP contribution in [0.3, 0.4) is 0 Å². The van der Waals surface area contributed by atoms with Gasteiger partial charge in [-0.15, -0.1) is 0 Å². The van der Waals surface area contributed by atoms with Crippen LogP contribution in [0.25, 0.3) is 0 Å². The molecule has 1 aromatic carbocycles. The van der Waals surface area contributed by atoms with E-state index in [-0.39, 0.29) is 28.0 Å². The zero-order chi connectivity index (χ0) is 14.6. The normalized spacial score (nSPS) is 12.0. The molecule has 5 nitrogen and oxygen atoms in total. The highest BCUT2D eigenvalue weighted by Gasteiger charge is 2.19. The van der Waals surface area contributed by atoms with E-state index in [0.29, 0.717) is 6.54 Å². The Morgan fingerprint density at radius 3 is 2.68 bits per heavy atom. The molecule has 1 rings (SSSR count). The van der Waals surface area contributed by atoms with E-state index < -0.39 is 11.9 Å². The number of rotatable bonds is 5. The van der Waals surface area contributed by atoms with Crippen molar-refractivity contribution in [2.24, 2.45) is 0 Å². The molecule has 6 N–H and O–H groups in total. The Kier molecular flexibility index (Phi) is 5.23. The standard InChI is InChI=1S/C12H18ClFN4O/c1-3-4-17-12(19)6(2)18-11-8(16)5-7(15)9(13)10(11)14/h5-6,18H,3-4,15-16H2,1-2H3,(H,17,19). The number of hydrogen-bond donors (Lipinski definition) is 4. The van der Waals surface area contributed by atoms with Crippen molar-refractivity contribution >= 4 is 34.6 Å². The second-order valence-electron chi connectivity index (χ2n) is 4.22. The maximum Gasteiger partial charge on any atom is 0.242 e. The number of carbonyl (C=O) groups excluding carboxylic acids is 1. The van der Waals surface area contributed by atoms with E-state index in [9.17, 15) is 9.18 Å². The quantitative estimate of drug-likeness (QED) is 0.623. The van der Waals surface area contributed by atoms with Gasteiger partial charge in [-0.25, -0.2) is 4.39 Å². The van der Waals surface area contributed by atoms with Gasteiger partial charge in [0.15, 0.2) is 5.82 Å². The Morgan fingerprint density at radius 2 is 2.11 bits per heavy atom. The second kappa shape index (κ2) is 6.47. The first-order chi connectivity index (χ1) is 8.88. The predicted molar refractivity (Wildman–Crippen MR) is 76.6 cm³/mol. The Morgan fingerprint density at radius 1 is 1.47 bits per heavy atom. The maximum atomic E-state index is 13.9. The Labute approximate surface area is 116 Å². The zero-order valence-corrected chi connectivity index (χ0v) is 11.6. The topological polar surface area (TPSA) is 93.2 Å². The minimum Gasteiger partial charge on any atom is -0.397 e. The fourth-order valence-corrected chi connectivity index (χ4v) is 1.65. The molecule has 19 heavy (non-hydrogen) atoms. The number of amides is 1. The van der Waals surface area contributed by atoms with E-state index >= 15 is 0 Å². The van der Waals surface area contributed by atoms with E-state index in [1.165, 1.54) is 6.07 Å². The monoisotopic (exact) mass is 288 g/mol. The lowest BCUT2D eigenvalue weighted by Gasteiger charge is -2.18. The number of anilines is 3. The summed E-state index contributed by atoms with van der Waals surface area (Å²) in [4.78, 5) is 11.7. The fraction of sp³-hybridized carbons (Fsp3) is 0.417. The maximum absolute atomic E-state index is 13.9. The van der Waals surface area contributed by atoms with Gasteiger partial charge in [0, 0.05) is 6.54 Å². The van der Waals surface area contributed by atoms with Crippen molar-refractivity contribution in [2.45, 2.75) is 26.3 Å². The first-order valence-electron chi connectivity index (χ1n) is 5.95. The van der Waals surface area contributed by atoms with Crippen molar-refractivity contribution in [1.29, 1.82) is 0 Å². The highest BCUT2D eigenvalue weighted by atomic mass is 35.5. The number of benzene rings is 1. The molecular formula is C12H18ClFN4O. The number of halogens is 2. The van der Waals surface area contributed by atoms with E-state index in [1.807, 2.05) is 6.92 Å². The molecule has 0 radical (unpaired) electrons. The summed E-state index contributed by atoms with van der Waals surface area (Å²) >= 11 is 5.71. The van der Waals surface area contributed by atoms with Crippen LogP contribution in [0.4, 0.5) is 21.5 Å². The third-order valence-corrected chi connectivity index (χ3v) is 2.95. The molecule has 0 aliphatic rings. The molecule has 0 heterocycles. The van der Waals surface area contributed by atoms with Crippen LogP contribution in [-0.4, -0.2) is 18.5 Å². The Hall–Kier alpha value is -1.69. The lowest BCUT2D eigenvalue weighted by Crippen LogP contribution is -2.38. The van der Waals surface area contributed by atoms with Gasteiger partial charge in [-0.3, -0.25) is 4.79 Å². The molecule has 0 saturated carbocycles. The smallest absolute Gasteiger partial charge is 0.242 e. The molecule has 1 atom stereocenters. The largest absolute Gasteiger partial charge is 0.397 e. The molecule has 0 spiro atoms. The average molecular weight is 289 g/mol. The van der Waals surface area contributed by atoms with Gasteiger partial charge in [0.05, 0.1) is 17.1 Å². The van der Waals surface area contributed by atoms with Crippen molar-refractivity contribution in [3.8, 4) is 0 Å². The highest BCUT2D eigenvalue weighted by molar-refractivity contribution is 6.33. The minimum atomic E-state index is -0.755. The molecule has 1 unspecified atom stereocenters. The predicted octanol–water partition coefficient (Wildman–Crippen LogP) is 1.97. The molecule has 0 bridgehead atoms. The third-order valence-electron chi connectivity index (χ3n) is 2.57. The second-order valence-corrected chi connectivity index (χ2v) is 4.59. The number of nitrogen functional groups attached to an aromatic ring is 2. The van der Waals surface area contributed by atoms with E-state index in [1.54, 1.807) is 6.92 Å². The van der Waals surface area contributed by atoms with Crippen LogP contribution < -0.4 is 22.1 Å². The van der Waals surface area contributed by atoms with Gasteiger partial charge in [0.25, 0.3) is 0 Å². The summed E-state index contributed by atoms with van der Waals surface area (Å²) in [6.07, 6.45) is 0.822. The first-order valence-corrected chi connectivity index (χ1v) is 6.33. The van der Waals surface area contributed by atoms with Gasteiger partial charge in [-0.1, -0.05) is 18.5 Å². The Balaban J connectivity index is 2.88. The molecular weight excluding hydrogens is 271 g/mol. The molecule has 7 heteroatoms. The molecule has 1 amide bonds. The summed E-state index contributed by atoms with van der Waals surface area (Å²) in [5, 5.41) is 5.19. The van der Waals surface area contributed by atoms with Gasteiger partial charge in [-0.05, 0) is 19.4 Å². The number of carbonyl (C=O) groups is 1. The number of nitrogens with one attached hydrogen (secondary N) is 2. The van der Waals surface area contributed by atoms with Crippen LogP contribution in [0.2, 0.25) is 5.02 Å². The van der Waals surface area contributed by atoms with Gasteiger partial charge in [0.1, 0.15) is 11.1 Å². The molecule has 0 saturated heterocycles. The van der Waals surface area contributed by atoms with Crippen molar-refractivity contribution < 1.29 is 9.18 Å². The van der Waals surface area contributed by atoms with E-state index in [0.717, 1.165) is 6.42 Å². The lowest BCUT2D eigenvalue weighted by atomic mass is 10.2. The lowest BCUT2D eigenvalue weighted by molar-refractivity contribution is -0.121. The highest BCUT2D eigenvalue weighted by Crippen LogP contribution is 2.33. The van der Waals surface area contributed by atoms with Crippen LogP contribution >= 0.6 is 11.6 Å². The van der Waals surface area contributed by atoms with Gasteiger partial charge in [-0.2, -0.15) is 0 Å². The van der Waals surface area contributed by atoms with Crippen LogP contribution in [0.5, 0.6) is 0 Å². The zero-order valence-electron chi connectivity index (χ0n) is 10.9. The van der Waals surface area contributed by atoms with Gasteiger partial charge >= 0.3 is 0 Å². The molecule has 0 aromatic heterocycles. The summed E-state index contributed by atoms with van der Waals surface area (Å²) in [6.45, 7) is 4.11.